The van der Waals surface area contributed by atoms with Gasteiger partial charge in [0, 0.05) is 18.4 Å². The van der Waals surface area contributed by atoms with Crippen molar-refractivity contribution in [3.05, 3.63) is 42.2 Å². The van der Waals surface area contributed by atoms with E-state index in [1.54, 1.807) is 41.2 Å². The number of hydrogen-bond acceptors (Lipinski definition) is 4. The van der Waals surface area contributed by atoms with Crippen LogP contribution in [0, 0.1) is 5.41 Å². The monoisotopic (exact) mass is 365 g/mol. The molecule has 2 aromatic rings. The first-order chi connectivity index (χ1) is 11.5. The van der Waals surface area contributed by atoms with Gasteiger partial charge in [0.15, 0.2) is 0 Å². The van der Waals surface area contributed by atoms with Gasteiger partial charge < -0.3 is 16.8 Å². The number of anilines is 1. The summed E-state index contributed by atoms with van der Waals surface area (Å²) in [6.07, 6.45) is 3.03. The molecule has 0 fully saturated rings. The molecule has 0 aliphatic carbocycles. The molecule has 0 saturated heterocycles. The second-order valence-corrected chi connectivity index (χ2v) is 5.70. The highest BCUT2D eigenvalue weighted by atomic mass is 35.5. The van der Waals surface area contributed by atoms with Crippen LogP contribution in [-0.4, -0.2) is 28.1 Å². The van der Waals surface area contributed by atoms with Crippen LogP contribution in [0.25, 0.3) is 5.69 Å². The van der Waals surface area contributed by atoms with E-state index in [9.17, 15) is 9.59 Å². The molecule has 1 aromatic carbocycles. The molecular weight excluding hydrogens is 342 g/mol. The van der Waals surface area contributed by atoms with Crippen molar-refractivity contribution in [1.82, 2.24) is 9.78 Å². The lowest BCUT2D eigenvalue weighted by molar-refractivity contribution is -0.125. The van der Waals surface area contributed by atoms with Crippen molar-refractivity contribution < 1.29 is 9.59 Å². The molecule has 136 valence electrons. The maximum atomic E-state index is 12.5. The molecule has 25 heavy (non-hydrogen) atoms. The van der Waals surface area contributed by atoms with E-state index in [2.05, 4.69) is 10.4 Å². The molecule has 0 radical (unpaired) electrons. The van der Waals surface area contributed by atoms with E-state index in [1.165, 1.54) is 0 Å². The zero-order valence-corrected chi connectivity index (χ0v) is 15.2. The van der Waals surface area contributed by atoms with Gasteiger partial charge in [-0.15, -0.1) is 12.4 Å². The summed E-state index contributed by atoms with van der Waals surface area (Å²) >= 11 is 0. The van der Waals surface area contributed by atoms with Gasteiger partial charge in [0.05, 0.1) is 11.1 Å². The van der Waals surface area contributed by atoms with Crippen LogP contribution in [0.5, 0.6) is 0 Å². The molecule has 0 atom stereocenters. The Balaban J connectivity index is 0.00000312. The van der Waals surface area contributed by atoms with Crippen LogP contribution >= 0.6 is 12.4 Å². The zero-order chi connectivity index (χ0) is 17.7. The third-order valence-corrected chi connectivity index (χ3v) is 4.46. The maximum absolute atomic E-state index is 12.5. The van der Waals surface area contributed by atoms with Crippen LogP contribution in [0.4, 0.5) is 5.69 Å². The lowest BCUT2D eigenvalue weighted by Gasteiger charge is -2.28. The number of nitrogens with one attached hydrogen (secondary N) is 1. The molecule has 0 bridgehead atoms. The van der Waals surface area contributed by atoms with E-state index in [-0.39, 0.29) is 24.0 Å². The highest BCUT2D eigenvalue weighted by Gasteiger charge is 2.33. The first-order valence-corrected chi connectivity index (χ1v) is 7.93. The molecule has 1 heterocycles. The van der Waals surface area contributed by atoms with Crippen LogP contribution in [0.15, 0.2) is 36.5 Å². The summed E-state index contributed by atoms with van der Waals surface area (Å²) < 4.78 is 1.55. The molecular formula is C17H24ClN5O2. The number of aromatic nitrogens is 2. The highest BCUT2D eigenvalue weighted by Crippen LogP contribution is 2.27. The highest BCUT2D eigenvalue weighted by molar-refractivity contribution is 5.95. The van der Waals surface area contributed by atoms with Gasteiger partial charge in [0.25, 0.3) is 5.91 Å². The summed E-state index contributed by atoms with van der Waals surface area (Å²) in [6.45, 7) is 4.24. The van der Waals surface area contributed by atoms with Crippen LogP contribution in [0.1, 0.15) is 37.2 Å². The minimum atomic E-state index is -0.574. The molecule has 0 aliphatic heterocycles. The van der Waals surface area contributed by atoms with Crippen molar-refractivity contribution in [2.75, 3.05) is 11.9 Å². The largest absolute Gasteiger partial charge is 0.364 e. The van der Waals surface area contributed by atoms with Crippen molar-refractivity contribution in [3.63, 3.8) is 0 Å². The standard InChI is InChI=1S/C17H23N5O2.ClH/c1-3-17(4-2,11-18)16(24)20-12-5-7-13(8-6-12)22-10-9-14(21-22)15(19)23;/h5-10H,3-4,11,18H2,1-2H3,(H2,19,23)(H,20,24);1H. The van der Waals surface area contributed by atoms with E-state index in [0.717, 1.165) is 5.69 Å². The number of carbonyl (C=O) groups is 2. The fourth-order valence-electron chi connectivity index (χ4n) is 2.51. The lowest BCUT2D eigenvalue weighted by Crippen LogP contribution is -2.41. The fraction of sp³-hybridized carbons (Fsp3) is 0.353. The van der Waals surface area contributed by atoms with Crippen LogP contribution < -0.4 is 16.8 Å². The Bertz CT molecular complexity index is 715. The van der Waals surface area contributed by atoms with E-state index in [4.69, 9.17) is 11.5 Å². The summed E-state index contributed by atoms with van der Waals surface area (Å²) in [4.78, 5) is 23.6. The van der Waals surface area contributed by atoms with Crippen molar-refractivity contribution in [1.29, 1.82) is 0 Å². The van der Waals surface area contributed by atoms with Crippen molar-refractivity contribution >= 4 is 29.9 Å². The SMILES string of the molecule is CCC(CC)(CN)C(=O)Nc1ccc(-n2ccc(C(N)=O)n2)cc1.Cl. The first-order valence-electron chi connectivity index (χ1n) is 7.93. The quantitative estimate of drug-likeness (QED) is 0.696. The van der Waals surface area contributed by atoms with E-state index in [1.807, 2.05) is 13.8 Å². The summed E-state index contributed by atoms with van der Waals surface area (Å²) in [6, 6.07) is 8.72. The van der Waals surface area contributed by atoms with Gasteiger partial charge in [-0.3, -0.25) is 9.59 Å². The van der Waals surface area contributed by atoms with E-state index in [0.29, 0.717) is 25.1 Å². The van der Waals surface area contributed by atoms with Gasteiger partial charge in [-0.05, 0) is 43.2 Å². The minimum absolute atomic E-state index is 0. The lowest BCUT2D eigenvalue weighted by atomic mass is 9.81. The number of hydrogen-bond donors (Lipinski definition) is 3. The number of amides is 2. The predicted octanol–water partition coefficient (Wildman–Crippen LogP) is 2.10. The molecule has 5 N–H and O–H groups in total. The second kappa shape index (κ2) is 8.64. The van der Waals surface area contributed by atoms with Gasteiger partial charge in [0.1, 0.15) is 5.69 Å². The van der Waals surface area contributed by atoms with Crippen molar-refractivity contribution in [3.8, 4) is 5.69 Å². The molecule has 0 unspecified atom stereocenters. The van der Waals surface area contributed by atoms with Crippen LogP contribution in [0.2, 0.25) is 0 Å². The molecule has 1 aromatic heterocycles. The maximum Gasteiger partial charge on any atom is 0.269 e. The molecule has 2 amide bonds. The summed E-state index contributed by atoms with van der Waals surface area (Å²) in [5, 5.41) is 7.00. The average Bonchev–Trinajstić information content (AvgIpc) is 3.08. The number of nitrogens with two attached hydrogens (primary N) is 2. The average molecular weight is 366 g/mol. The fourth-order valence-corrected chi connectivity index (χ4v) is 2.51. The number of nitrogens with zero attached hydrogens (tertiary/aromatic N) is 2. The number of benzene rings is 1. The smallest absolute Gasteiger partial charge is 0.269 e. The molecule has 0 saturated carbocycles. The third-order valence-electron chi connectivity index (χ3n) is 4.46. The molecule has 0 aliphatic rings. The molecule has 0 spiro atoms. The Morgan fingerprint density at radius 3 is 2.20 bits per heavy atom. The van der Waals surface area contributed by atoms with Gasteiger partial charge in [-0.1, -0.05) is 13.8 Å². The van der Waals surface area contributed by atoms with Gasteiger partial charge in [0.2, 0.25) is 5.91 Å². The molecule has 2 rings (SSSR count). The van der Waals surface area contributed by atoms with Gasteiger partial charge in [-0.25, -0.2) is 4.68 Å². The number of primary amides is 1. The first kappa shape index (κ1) is 20.7. The number of rotatable bonds is 7. The Kier molecular flexibility index (Phi) is 7.14. The van der Waals surface area contributed by atoms with Crippen molar-refractivity contribution in [2.45, 2.75) is 26.7 Å². The second-order valence-electron chi connectivity index (χ2n) is 5.70. The van der Waals surface area contributed by atoms with E-state index >= 15 is 0 Å². The Morgan fingerprint density at radius 1 is 1.16 bits per heavy atom. The van der Waals surface area contributed by atoms with Gasteiger partial charge in [-0.2, -0.15) is 5.10 Å². The Labute approximate surface area is 153 Å². The van der Waals surface area contributed by atoms with E-state index < -0.39 is 11.3 Å². The molecule has 7 nitrogen and oxygen atoms in total. The molecule has 8 heteroatoms. The number of carbonyl (C=O) groups excluding carboxylic acids is 2. The van der Waals surface area contributed by atoms with Crippen LogP contribution in [0.3, 0.4) is 0 Å². The Morgan fingerprint density at radius 2 is 1.76 bits per heavy atom. The summed E-state index contributed by atoms with van der Waals surface area (Å²) in [5.74, 6) is -0.646. The normalized spacial score (nSPS) is 10.8. The van der Waals surface area contributed by atoms with Crippen molar-refractivity contribution in [2.24, 2.45) is 16.9 Å². The minimum Gasteiger partial charge on any atom is -0.364 e. The predicted molar refractivity (Wildman–Crippen MR) is 100 cm³/mol. The number of halogens is 1. The van der Waals surface area contributed by atoms with Gasteiger partial charge >= 0.3 is 0 Å². The van der Waals surface area contributed by atoms with Crippen LogP contribution in [-0.2, 0) is 4.79 Å². The zero-order valence-electron chi connectivity index (χ0n) is 14.4. The summed E-state index contributed by atoms with van der Waals surface area (Å²) in [5.41, 5.74) is 12.1. The third kappa shape index (κ3) is 4.37. The topological polar surface area (TPSA) is 116 Å². The Hall–Kier alpha value is -2.38. The summed E-state index contributed by atoms with van der Waals surface area (Å²) in [7, 11) is 0.